The van der Waals surface area contributed by atoms with Crippen molar-refractivity contribution in [1.29, 1.82) is 0 Å². The lowest BCUT2D eigenvalue weighted by Crippen LogP contribution is -1.90. The van der Waals surface area contributed by atoms with Gasteiger partial charge in [-0.05, 0) is 45.7 Å². The highest BCUT2D eigenvalue weighted by molar-refractivity contribution is 6.06. The molecule has 0 fully saturated rings. The molecule has 4 aromatic rings. The standard InChI is InChI=1S/C22H16FN/c23-21-13-2-1-10-19(21)20-12-5-7-15-6-4-11-18(22(15)20)16-8-3-9-17(24)14-16/h1-14H,24H2. The molecule has 0 aliphatic carbocycles. The maximum atomic E-state index is 14.4. The number of nitrogen functional groups attached to an aromatic ring is 1. The molecule has 2 N–H and O–H groups in total. The van der Waals surface area contributed by atoms with E-state index in [-0.39, 0.29) is 5.82 Å². The van der Waals surface area contributed by atoms with E-state index in [1.807, 2.05) is 54.6 Å². The first-order valence-corrected chi connectivity index (χ1v) is 7.86. The van der Waals surface area contributed by atoms with Gasteiger partial charge in [0.05, 0.1) is 0 Å². The molecule has 116 valence electrons. The third kappa shape index (κ3) is 2.42. The van der Waals surface area contributed by atoms with Gasteiger partial charge in [-0.2, -0.15) is 0 Å². The molecule has 0 saturated heterocycles. The number of hydrogen-bond donors (Lipinski definition) is 1. The monoisotopic (exact) mass is 313 g/mol. The minimum Gasteiger partial charge on any atom is -0.399 e. The Morgan fingerprint density at radius 1 is 0.625 bits per heavy atom. The van der Waals surface area contributed by atoms with Crippen molar-refractivity contribution in [2.45, 2.75) is 0 Å². The van der Waals surface area contributed by atoms with Crippen LogP contribution >= 0.6 is 0 Å². The first-order chi connectivity index (χ1) is 11.7. The summed E-state index contributed by atoms with van der Waals surface area (Å²) in [6.45, 7) is 0. The molecule has 0 aliphatic rings. The highest BCUT2D eigenvalue weighted by Crippen LogP contribution is 2.37. The number of anilines is 1. The predicted octanol–water partition coefficient (Wildman–Crippen LogP) is 5.90. The fourth-order valence-corrected chi connectivity index (χ4v) is 3.19. The van der Waals surface area contributed by atoms with Crippen molar-refractivity contribution in [3.8, 4) is 22.3 Å². The van der Waals surface area contributed by atoms with Gasteiger partial charge in [0.1, 0.15) is 5.82 Å². The zero-order chi connectivity index (χ0) is 16.5. The van der Waals surface area contributed by atoms with Crippen LogP contribution in [0, 0.1) is 5.82 Å². The number of benzene rings is 4. The molecule has 0 atom stereocenters. The van der Waals surface area contributed by atoms with Crippen LogP contribution in [0.25, 0.3) is 33.0 Å². The Bertz CT molecular complexity index is 1030. The third-order valence-corrected chi connectivity index (χ3v) is 4.27. The van der Waals surface area contributed by atoms with Crippen LogP contribution in [0.1, 0.15) is 0 Å². The number of fused-ring (bicyclic) bond motifs is 1. The Morgan fingerprint density at radius 2 is 1.29 bits per heavy atom. The normalized spacial score (nSPS) is 10.9. The van der Waals surface area contributed by atoms with Gasteiger partial charge in [-0.15, -0.1) is 0 Å². The SMILES string of the molecule is Nc1cccc(-c2cccc3cccc(-c4ccccc4F)c23)c1. The van der Waals surface area contributed by atoms with Crippen molar-refractivity contribution >= 4 is 16.5 Å². The maximum absolute atomic E-state index is 14.4. The molecule has 0 spiro atoms. The van der Waals surface area contributed by atoms with E-state index in [1.54, 1.807) is 6.07 Å². The zero-order valence-corrected chi connectivity index (χ0v) is 13.0. The predicted molar refractivity (Wildman–Crippen MR) is 99.2 cm³/mol. The lowest BCUT2D eigenvalue weighted by Gasteiger charge is -2.13. The molecule has 4 aromatic carbocycles. The smallest absolute Gasteiger partial charge is 0.131 e. The fraction of sp³-hybridized carbons (Fsp3) is 0. The van der Waals surface area contributed by atoms with Crippen LogP contribution in [-0.2, 0) is 0 Å². The summed E-state index contributed by atoms with van der Waals surface area (Å²) in [5.74, 6) is -0.215. The summed E-state index contributed by atoms with van der Waals surface area (Å²) in [6.07, 6.45) is 0. The quantitative estimate of drug-likeness (QED) is 0.458. The molecule has 0 radical (unpaired) electrons. The average molecular weight is 313 g/mol. The Kier molecular flexibility index (Phi) is 3.51. The summed E-state index contributed by atoms with van der Waals surface area (Å²) >= 11 is 0. The van der Waals surface area contributed by atoms with E-state index in [4.69, 9.17) is 5.73 Å². The molecule has 0 aliphatic heterocycles. The first kappa shape index (κ1) is 14.5. The van der Waals surface area contributed by atoms with Gasteiger partial charge in [0.2, 0.25) is 0 Å². The number of hydrogen-bond acceptors (Lipinski definition) is 1. The van der Waals surface area contributed by atoms with Crippen molar-refractivity contribution in [3.63, 3.8) is 0 Å². The molecule has 2 heteroatoms. The van der Waals surface area contributed by atoms with Crippen LogP contribution in [0.15, 0.2) is 84.9 Å². The Hall–Kier alpha value is -3.13. The van der Waals surface area contributed by atoms with E-state index in [1.165, 1.54) is 6.07 Å². The van der Waals surface area contributed by atoms with Crippen LogP contribution in [0.2, 0.25) is 0 Å². The minimum atomic E-state index is -0.215. The zero-order valence-electron chi connectivity index (χ0n) is 13.0. The highest BCUT2D eigenvalue weighted by Gasteiger charge is 2.12. The second kappa shape index (κ2) is 5.82. The lowest BCUT2D eigenvalue weighted by molar-refractivity contribution is 0.631. The molecule has 4 rings (SSSR count). The maximum Gasteiger partial charge on any atom is 0.131 e. The van der Waals surface area contributed by atoms with E-state index in [2.05, 4.69) is 18.2 Å². The van der Waals surface area contributed by atoms with Crippen LogP contribution < -0.4 is 5.73 Å². The van der Waals surface area contributed by atoms with Gasteiger partial charge >= 0.3 is 0 Å². The van der Waals surface area contributed by atoms with Crippen LogP contribution in [-0.4, -0.2) is 0 Å². The second-order valence-electron chi connectivity index (χ2n) is 5.81. The summed E-state index contributed by atoms with van der Waals surface area (Å²) in [6, 6.07) is 26.8. The number of nitrogens with two attached hydrogens (primary N) is 1. The van der Waals surface area contributed by atoms with Gasteiger partial charge in [-0.3, -0.25) is 0 Å². The average Bonchev–Trinajstić information content (AvgIpc) is 2.61. The number of halogens is 1. The molecule has 0 unspecified atom stereocenters. The van der Waals surface area contributed by atoms with Gasteiger partial charge < -0.3 is 5.73 Å². The molecule has 0 bridgehead atoms. The fourth-order valence-electron chi connectivity index (χ4n) is 3.19. The van der Waals surface area contributed by atoms with Crippen molar-refractivity contribution in [2.75, 3.05) is 5.73 Å². The molecule has 24 heavy (non-hydrogen) atoms. The molecule has 1 nitrogen and oxygen atoms in total. The molecular formula is C22H16FN. The largest absolute Gasteiger partial charge is 0.399 e. The van der Waals surface area contributed by atoms with E-state index in [9.17, 15) is 4.39 Å². The summed E-state index contributed by atoms with van der Waals surface area (Å²) in [5.41, 5.74) is 10.3. The molecule has 0 aromatic heterocycles. The van der Waals surface area contributed by atoms with E-state index < -0.39 is 0 Å². The Labute approximate surface area is 140 Å². The van der Waals surface area contributed by atoms with Crippen molar-refractivity contribution in [3.05, 3.63) is 90.7 Å². The van der Waals surface area contributed by atoms with Crippen LogP contribution in [0.5, 0.6) is 0 Å². The molecule has 0 heterocycles. The first-order valence-electron chi connectivity index (χ1n) is 7.86. The molecular weight excluding hydrogens is 297 g/mol. The second-order valence-corrected chi connectivity index (χ2v) is 5.81. The molecule has 0 amide bonds. The van der Waals surface area contributed by atoms with E-state index >= 15 is 0 Å². The summed E-state index contributed by atoms with van der Waals surface area (Å²) in [7, 11) is 0. The highest BCUT2D eigenvalue weighted by atomic mass is 19.1. The summed E-state index contributed by atoms with van der Waals surface area (Å²) < 4.78 is 14.4. The van der Waals surface area contributed by atoms with Gasteiger partial charge in [-0.25, -0.2) is 4.39 Å². The van der Waals surface area contributed by atoms with Gasteiger partial charge in [0.15, 0.2) is 0 Å². The van der Waals surface area contributed by atoms with Gasteiger partial charge in [-0.1, -0.05) is 66.7 Å². The Balaban J connectivity index is 2.08. The van der Waals surface area contributed by atoms with Crippen LogP contribution in [0.3, 0.4) is 0 Å². The van der Waals surface area contributed by atoms with Gasteiger partial charge in [0, 0.05) is 11.3 Å². The van der Waals surface area contributed by atoms with E-state index in [0.29, 0.717) is 11.3 Å². The van der Waals surface area contributed by atoms with Gasteiger partial charge in [0.25, 0.3) is 0 Å². The molecule has 0 saturated carbocycles. The van der Waals surface area contributed by atoms with Crippen molar-refractivity contribution in [1.82, 2.24) is 0 Å². The Morgan fingerprint density at radius 3 is 2.04 bits per heavy atom. The minimum absolute atomic E-state index is 0.215. The van der Waals surface area contributed by atoms with Crippen molar-refractivity contribution in [2.24, 2.45) is 0 Å². The lowest BCUT2D eigenvalue weighted by atomic mass is 9.91. The third-order valence-electron chi connectivity index (χ3n) is 4.27. The summed E-state index contributed by atoms with van der Waals surface area (Å²) in [5, 5.41) is 2.12. The summed E-state index contributed by atoms with van der Waals surface area (Å²) in [4.78, 5) is 0. The topological polar surface area (TPSA) is 26.0 Å². The van der Waals surface area contributed by atoms with E-state index in [0.717, 1.165) is 27.5 Å². The number of rotatable bonds is 2. The van der Waals surface area contributed by atoms with Crippen molar-refractivity contribution < 1.29 is 4.39 Å². The van der Waals surface area contributed by atoms with Crippen LogP contribution in [0.4, 0.5) is 10.1 Å².